The second-order valence-corrected chi connectivity index (χ2v) is 8.08. The summed E-state index contributed by atoms with van der Waals surface area (Å²) in [5.41, 5.74) is -0.725. The average Bonchev–Trinajstić information content (AvgIpc) is 2.73. The van der Waals surface area contributed by atoms with Crippen molar-refractivity contribution < 1.29 is 23.2 Å². The van der Waals surface area contributed by atoms with Crippen LogP contribution in [0, 0.1) is 5.92 Å². The summed E-state index contributed by atoms with van der Waals surface area (Å²) >= 11 is 0. The highest BCUT2D eigenvalue weighted by atomic mass is 31.2. The van der Waals surface area contributed by atoms with E-state index >= 15 is 0 Å². The topological polar surface area (TPSA) is 93.7 Å². The monoisotopic (exact) mass is 332 g/mol. The minimum absolute atomic E-state index is 0.217. The van der Waals surface area contributed by atoms with Crippen LogP contribution in [0.1, 0.15) is 46.0 Å². The molecule has 1 aliphatic heterocycles. The fourth-order valence-electron chi connectivity index (χ4n) is 3.24. The molecule has 0 aromatic carbocycles. The van der Waals surface area contributed by atoms with Crippen LogP contribution in [0.4, 0.5) is 4.79 Å². The Morgan fingerprint density at radius 1 is 1.18 bits per heavy atom. The first-order chi connectivity index (χ1) is 10.4. The van der Waals surface area contributed by atoms with E-state index in [4.69, 9.17) is 9.05 Å². The van der Waals surface area contributed by atoms with Crippen molar-refractivity contribution >= 4 is 19.5 Å². The molecule has 8 heteroatoms. The van der Waals surface area contributed by atoms with E-state index < -0.39 is 19.2 Å². The van der Waals surface area contributed by atoms with Crippen LogP contribution in [0.25, 0.3) is 0 Å². The molecule has 0 aromatic rings. The van der Waals surface area contributed by atoms with E-state index in [-0.39, 0.29) is 5.91 Å². The van der Waals surface area contributed by atoms with Crippen LogP contribution < -0.4 is 10.6 Å². The van der Waals surface area contributed by atoms with Gasteiger partial charge in [0.25, 0.3) is 5.91 Å². The molecule has 0 bridgehead atoms. The maximum absolute atomic E-state index is 12.4. The van der Waals surface area contributed by atoms with Gasteiger partial charge in [-0.3, -0.25) is 14.7 Å². The molecule has 0 atom stereocenters. The largest absolute Gasteiger partial charge is 0.330 e. The fourth-order valence-corrected chi connectivity index (χ4v) is 5.04. The van der Waals surface area contributed by atoms with Crippen LogP contribution >= 0.6 is 7.60 Å². The minimum atomic E-state index is -2.99. The van der Waals surface area contributed by atoms with E-state index in [1.165, 1.54) is 0 Å². The number of hydrogen-bond donors (Lipinski definition) is 2. The third kappa shape index (κ3) is 3.89. The number of carbonyl (C=O) groups is 2. The van der Waals surface area contributed by atoms with Gasteiger partial charge in [0.1, 0.15) is 5.54 Å². The molecule has 2 rings (SSSR count). The number of urea groups is 1. The second-order valence-electron chi connectivity index (χ2n) is 5.89. The third-order valence-electron chi connectivity index (χ3n) is 4.44. The molecular formula is C14H25N2O5P. The Labute approximate surface area is 131 Å². The predicted octanol–water partition coefficient (Wildman–Crippen LogP) is 2.41. The summed E-state index contributed by atoms with van der Waals surface area (Å²) < 4.78 is 23.0. The Morgan fingerprint density at radius 2 is 1.77 bits per heavy atom. The molecule has 3 amide bonds. The number of imide groups is 1. The summed E-state index contributed by atoms with van der Waals surface area (Å²) in [5, 5.41) is 5.06. The zero-order chi connectivity index (χ0) is 16.2. The Bertz CT molecular complexity index is 464. The van der Waals surface area contributed by atoms with E-state index in [0.29, 0.717) is 38.1 Å². The van der Waals surface area contributed by atoms with Crippen molar-refractivity contribution in [2.75, 3.05) is 19.4 Å². The van der Waals surface area contributed by atoms with Crippen molar-refractivity contribution in [3.8, 4) is 0 Å². The van der Waals surface area contributed by atoms with E-state index in [9.17, 15) is 14.2 Å². The lowest BCUT2D eigenvalue weighted by Gasteiger charge is -2.34. The summed E-state index contributed by atoms with van der Waals surface area (Å²) in [7, 11) is -2.99. The first-order valence-corrected chi connectivity index (χ1v) is 9.67. The van der Waals surface area contributed by atoms with E-state index in [1.807, 2.05) is 0 Å². The van der Waals surface area contributed by atoms with Crippen molar-refractivity contribution in [2.45, 2.75) is 51.5 Å². The zero-order valence-electron chi connectivity index (χ0n) is 13.2. The van der Waals surface area contributed by atoms with Gasteiger partial charge in [0, 0.05) is 0 Å². The number of rotatable bonds is 7. The maximum atomic E-state index is 12.4. The van der Waals surface area contributed by atoms with Crippen LogP contribution in [0.15, 0.2) is 0 Å². The highest BCUT2D eigenvalue weighted by molar-refractivity contribution is 7.53. The van der Waals surface area contributed by atoms with Crippen molar-refractivity contribution in [3.63, 3.8) is 0 Å². The standard InChI is InChI=1S/C14H25N2O5P/c1-3-20-22(19,21-4-2)10-7-11-5-8-14(9-6-11)12(17)15-13(18)16-14/h11H,3-10H2,1-2H3,(H2,15,16,17,18). The normalized spacial score (nSPS) is 28.7. The van der Waals surface area contributed by atoms with Crippen molar-refractivity contribution in [2.24, 2.45) is 5.92 Å². The van der Waals surface area contributed by atoms with Gasteiger partial charge in [0.05, 0.1) is 19.4 Å². The molecule has 1 saturated heterocycles. The van der Waals surface area contributed by atoms with Gasteiger partial charge in [-0.25, -0.2) is 4.79 Å². The average molecular weight is 332 g/mol. The van der Waals surface area contributed by atoms with Gasteiger partial charge in [-0.2, -0.15) is 0 Å². The second kappa shape index (κ2) is 7.11. The van der Waals surface area contributed by atoms with E-state index in [1.54, 1.807) is 13.8 Å². The molecule has 7 nitrogen and oxygen atoms in total. The van der Waals surface area contributed by atoms with Gasteiger partial charge >= 0.3 is 13.6 Å². The van der Waals surface area contributed by atoms with Gasteiger partial charge in [-0.1, -0.05) is 0 Å². The van der Waals surface area contributed by atoms with Gasteiger partial charge in [0.15, 0.2) is 0 Å². The Morgan fingerprint density at radius 3 is 2.23 bits per heavy atom. The molecule has 2 N–H and O–H groups in total. The summed E-state index contributed by atoms with van der Waals surface area (Å²) in [6.45, 7) is 4.35. The van der Waals surface area contributed by atoms with Crippen LogP contribution in [0.3, 0.4) is 0 Å². The molecular weight excluding hydrogens is 307 g/mol. The van der Waals surface area contributed by atoms with E-state index in [2.05, 4.69) is 10.6 Å². The molecule has 2 aliphatic rings. The van der Waals surface area contributed by atoms with Gasteiger partial charge in [-0.15, -0.1) is 0 Å². The van der Waals surface area contributed by atoms with Crippen molar-refractivity contribution in [3.05, 3.63) is 0 Å². The van der Waals surface area contributed by atoms with Crippen LogP contribution in [-0.4, -0.2) is 36.9 Å². The van der Waals surface area contributed by atoms with E-state index in [0.717, 1.165) is 19.3 Å². The lowest BCUT2D eigenvalue weighted by atomic mass is 9.76. The van der Waals surface area contributed by atoms with Crippen LogP contribution in [0.2, 0.25) is 0 Å². The molecule has 126 valence electrons. The predicted molar refractivity (Wildman–Crippen MR) is 81.7 cm³/mol. The first-order valence-electron chi connectivity index (χ1n) is 7.95. The summed E-state index contributed by atoms with van der Waals surface area (Å²) in [5.74, 6) is 0.162. The SMILES string of the molecule is CCOP(=O)(CCC1CCC2(CC1)NC(=O)NC2=O)OCC. The Balaban J connectivity index is 1.83. The number of amides is 3. The third-order valence-corrected chi connectivity index (χ3v) is 6.55. The van der Waals surface area contributed by atoms with Gasteiger partial charge in [-0.05, 0) is 51.9 Å². The molecule has 0 radical (unpaired) electrons. The highest BCUT2D eigenvalue weighted by Gasteiger charge is 2.48. The lowest BCUT2D eigenvalue weighted by Crippen LogP contribution is -2.49. The molecule has 1 heterocycles. The zero-order valence-corrected chi connectivity index (χ0v) is 14.1. The molecule has 0 unspecified atom stereocenters. The Kier molecular flexibility index (Phi) is 5.64. The lowest BCUT2D eigenvalue weighted by molar-refractivity contribution is -0.125. The molecule has 22 heavy (non-hydrogen) atoms. The summed E-state index contributed by atoms with van der Waals surface area (Å²) in [6.07, 6.45) is 4.07. The maximum Gasteiger partial charge on any atom is 0.330 e. The number of carbonyl (C=O) groups excluding carboxylic acids is 2. The molecule has 1 spiro atoms. The van der Waals surface area contributed by atoms with Gasteiger partial charge < -0.3 is 14.4 Å². The van der Waals surface area contributed by atoms with Crippen LogP contribution in [0.5, 0.6) is 0 Å². The summed E-state index contributed by atoms with van der Waals surface area (Å²) in [6, 6.07) is -0.402. The first kappa shape index (κ1) is 17.4. The fraction of sp³-hybridized carbons (Fsp3) is 0.857. The van der Waals surface area contributed by atoms with Crippen molar-refractivity contribution in [1.29, 1.82) is 0 Å². The van der Waals surface area contributed by atoms with Gasteiger partial charge in [0.2, 0.25) is 0 Å². The molecule has 1 aliphatic carbocycles. The summed E-state index contributed by atoms with van der Waals surface area (Å²) in [4.78, 5) is 23.2. The number of nitrogens with one attached hydrogen (secondary N) is 2. The smallest absolute Gasteiger partial charge is 0.323 e. The van der Waals surface area contributed by atoms with Crippen molar-refractivity contribution in [1.82, 2.24) is 10.6 Å². The van der Waals surface area contributed by atoms with Crippen LogP contribution in [-0.2, 0) is 18.4 Å². The minimum Gasteiger partial charge on any atom is -0.323 e. The molecule has 1 saturated carbocycles. The highest BCUT2D eigenvalue weighted by Crippen LogP contribution is 2.50. The number of hydrogen-bond acceptors (Lipinski definition) is 5. The molecule has 2 fully saturated rings. The quantitative estimate of drug-likeness (QED) is 0.551. The Hall–Kier alpha value is -0.910. The molecule has 0 aromatic heterocycles.